The molecule has 0 spiro atoms. The van der Waals surface area contributed by atoms with Gasteiger partial charge in [0.1, 0.15) is 0 Å². The van der Waals surface area contributed by atoms with E-state index in [1.807, 2.05) is 13.1 Å². The summed E-state index contributed by atoms with van der Waals surface area (Å²) in [6.45, 7) is 9.74. The summed E-state index contributed by atoms with van der Waals surface area (Å²) in [5, 5.41) is 3.56. The third kappa shape index (κ3) is 3.85. The molecule has 1 fully saturated rings. The lowest BCUT2D eigenvalue weighted by Gasteiger charge is -2.35. The van der Waals surface area contributed by atoms with Crippen LogP contribution in [0.25, 0.3) is 0 Å². The Bertz CT molecular complexity index is 434. The van der Waals surface area contributed by atoms with Crippen molar-refractivity contribution < 1.29 is 4.74 Å². The smallest absolute Gasteiger partial charge is 0.160 e. The predicted octanol–water partition coefficient (Wildman–Crippen LogP) is 2.61. The number of ether oxygens (including phenoxy) is 1. The highest BCUT2D eigenvalue weighted by molar-refractivity contribution is 5.58. The maximum absolute atomic E-state index is 5.47. The van der Waals surface area contributed by atoms with Crippen molar-refractivity contribution in [3.8, 4) is 5.75 Å². The molecule has 20 heavy (non-hydrogen) atoms. The molecule has 1 aliphatic rings. The third-order valence-electron chi connectivity index (χ3n) is 3.88. The minimum Gasteiger partial charge on any atom is -0.493 e. The number of rotatable bonds is 5. The van der Waals surface area contributed by atoms with Gasteiger partial charge in [-0.1, -0.05) is 13.8 Å². The van der Waals surface area contributed by atoms with Gasteiger partial charge in [0, 0.05) is 24.8 Å². The van der Waals surface area contributed by atoms with Gasteiger partial charge in [-0.05, 0) is 38.3 Å². The van der Waals surface area contributed by atoms with Gasteiger partial charge in [-0.15, -0.1) is 0 Å². The van der Waals surface area contributed by atoms with Gasteiger partial charge in [0.15, 0.2) is 5.75 Å². The van der Waals surface area contributed by atoms with Crippen molar-refractivity contribution in [2.24, 2.45) is 5.92 Å². The van der Waals surface area contributed by atoms with E-state index in [9.17, 15) is 0 Å². The first-order valence-corrected chi connectivity index (χ1v) is 7.59. The molecule has 0 aromatic carbocycles. The molecule has 1 aromatic rings. The van der Waals surface area contributed by atoms with E-state index < -0.39 is 0 Å². The Hall–Kier alpha value is -1.29. The first-order valence-electron chi connectivity index (χ1n) is 7.59. The Morgan fingerprint density at radius 1 is 1.50 bits per heavy atom. The summed E-state index contributed by atoms with van der Waals surface area (Å²) < 4.78 is 5.47. The predicted molar refractivity (Wildman–Crippen MR) is 83.6 cm³/mol. The molecule has 1 saturated heterocycles. The Labute approximate surface area is 122 Å². The first-order chi connectivity index (χ1) is 9.60. The van der Waals surface area contributed by atoms with Crippen molar-refractivity contribution in [3.63, 3.8) is 0 Å². The largest absolute Gasteiger partial charge is 0.493 e. The number of hydrogen-bond acceptors (Lipinski definition) is 4. The third-order valence-corrected chi connectivity index (χ3v) is 3.88. The molecule has 0 amide bonds. The fraction of sp³-hybridized carbons (Fsp3) is 0.688. The number of aromatic nitrogens is 1. The van der Waals surface area contributed by atoms with Gasteiger partial charge < -0.3 is 15.0 Å². The molecule has 1 aliphatic heterocycles. The van der Waals surface area contributed by atoms with Gasteiger partial charge in [-0.25, -0.2) is 0 Å². The lowest BCUT2D eigenvalue weighted by Crippen LogP contribution is -2.41. The van der Waals surface area contributed by atoms with Gasteiger partial charge >= 0.3 is 0 Å². The van der Waals surface area contributed by atoms with Gasteiger partial charge in [0.2, 0.25) is 0 Å². The molecule has 0 radical (unpaired) electrons. The molecule has 0 bridgehead atoms. The van der Waals surface area contributed by atoms with Crippen LogP contribution in [0.15, 0.2) is 12.3 Å². The van der Waals surface area contributed by atoms with E-state index in [0.29, 0.717) is 12.0 Å². The van der Waals surface area contributed by atoms with Crippen LogP contribution in [0.2, 0.25) is 0 Å². The normalized spacial score (nSPS) is 19.4. The van der Waals surface area contributed by atoms with Crippen molar-refractivity contribution in [2.75, 3.05) is 31.6 Å². The van der Waals surface area contributed by atoms with E-state index in [1.54, 1.807) is 7.11 Å². The Kier molecular flexibility index (Phi) is 5.24. The summed E-state index contributed by atoms with van der Waals surface area (Å²) in [5.41, 5.74) is 2.23. The number of pyridine rings is 1. The van der Waals surface area contributed by atoms with Crippen LogP contribution in [-0.4, -0.2) is 37.8 Å². The lowest BCUT2D eigenvalue weighted by atomic mass is 9.97. The molecule has 1 N–H and O–H groups in total. The van der Waals surface area contributed by atoms with E-state index >= 15 is 0 Å². The second-order valence-corrected chi connectivity index (χ2v) is 6.01. The van der Waals surface area contributed by atoms with Gasteiger partial charge in [0.25, 0.3) is 0 Å². The topological polar surface area (TPSA) is 37.4 Å². The Morgan fingerprint density at radius 3 is 3.00 bits per heavy atom. The fourth-order valence-electron chi connectivity index (χ4n) is 2.79. The molecule has 112 valence electrons. The monoisotopic (exact) mass is 277 g/mol. The summed E-state index contributed by atoms with van der Waals surface area (Å²) in [5.74, 6) is 1.59. The fourth-order valence-corrected chi connectivity index (χ4v) is 2.79. The second kappa shape index (κ2) is 6.93. The minimum absolute atomic E-state index is 0.558. The lowest BCUT2D eigenvalue weighted by molar-refractivity contribution is 0.372. The zero-order valence-electron chi connectivity index (χ0n) is 13.1. The van der Waals surface area contributed by atoms with Crippen LogP contribution < -0.4 is 15.0 Å². The number of methoxy groups -OCH3 is 1. The Morgan fingerprint density at radius 2 is 2.30 bits per heavy atom. The molecule has 2 heterocycles. The highest BCUT2D eigenvalue weighted by Gasteiger charge is 2.22. The molecule has 4 heteroatoms. The van der Waals surface area contributed by atoms with Crippen molar-refractivity contribution in [3.05, 3.63) is 18.0 Å². The summed E-state index contributed by atoms with van der Waals surface area (Å²) in [6.07, 6.45) is 4.39. The first kappa shape index (κ1) is 15.1. The molecule has 4 nitrogen and oxygen atoms in total. The number of nitrogens with one attached hydrogen (secondary N) is 1. The van der Waals surface area contributed by atoms with E-state index in [2.05, 4.69) is 35.1 Å². The maximum Gasteiger partial charge on any atom is 0.160 e. The number of nitrogens with zero attached hydrogens (tertiary/aromatic N) is 2. The van der Waals surface area contributed by atoms with E-state index in [1.165, 1.54) is 18.5 Å². The van der Waals surface area contributed by atoms with Crippen molar-refractivity contribution in [1.29, 1.82) is 0 Å². The molecule has 0 aliphatic carbocycles. The molecule has 1 atom stereocenters. The summed E-state index contributed by atoms with van der Waals surface area (Å²) >= 11 is 0. The maximum atomic E-state index is 5.47. The van der Waals surface area contributed by atoms with E-state index in [-0.39, 0.29) is 0 Å². The SMILES string of the molecule is COc1cnc(C)cc1N1CCCC(CNC(C)C)C1. The Balaban J connectivity index is 2.06. The zero-order chi connectivity index (χ0) is 14.5. The minimum atomic E-state index is 0.558. The van der Waals surface area contributed by atoms with Crippen LogP contribution in [0.4, 0.5) is 5.69 Å². The van der Waals surface area contributed by atoms with Crippen molar-refractivity contribution in [2.45, 2.75) is 39.7 Å². The molecule has 0 saturated carbocycles. The van der Waals surface area contributed by atoms with Crippen LogP contribution in [0, 0.1) is 12.8 Å². The number of aryl methyl sites for hydroxylation is 1. The van der Waals surface area contributed by atoms with Crippen LogP contribution in [0.3, 0.4) is 0 Å². The standard InChI is InChI=1S/C16H27N3O/c1-12(2)17-9-14-6-5-7-19(11-14)15-8-13(3)18-10-16(15)20-4/h8,10,12,14,17H,5-7,9,11H2,1-4H3. The average molecular weight is 277 g/mol. The summed E-state index contributed by atoms with van der Waals surface area (Å²) in [4.78, 5) is 6.77. The van der Waals surface area contributed by atoms with Gasteiger partial charge in [-0.3, -0.25) is 4.98 Å². The highest BCUT2D eigenvalue weighted by atomic mass is 16.5. The summed E-state index contributed by atoms with van der Waals surface area (Å²) in [6, 6.07) is 2.69. The zero-order valence-corrected chi connectivity index (χ0v) is 13.1. The molecule has 1 aromatic heterocycles. The number of hydrogen-bond donors (Lipinski definition) is 1. The second-order valence-electron chi connectivity index (χ2n) is 6.01. The summed E-state index contributed by atoms with van der Waals surface area (Å²) in [7, 11) is 1.72. The van der Waals surface area contributed by atoms with Crippen LogP contribution in [0.1, 0.15) is 32.4 Å². The molecular weight excluding hydrogens is 250 g/mol. The molecule has 2 rings (SSSR count). The van der Waals surface area contributed by atoms with Crippen molar-refractivity contribution in [1.82, 2.24) is 10.3 Å². The highest BCUT2D eigenvalue weighted by Crippen LogP contribution is 2.31. The van der Waals surface area contributed by atoms with Crippen LogP contribution >= 0.6 is 0 Å². The number of anilines is 1. The van der Waals surface area contributed by atoms with Crippen molar-refractivity contribution >= 4 is 5.69 Å². The van der Waals surface area contributed by atoms with Gasteiger partial charge in [-0.2, -0.15) is 0 Å². The van der Waals surface area contributed by atoms with Gasteiger partial charge in [0.05, 0.1) is 19.0 Å². The van der Waals surface area contributed by atoms with Crippen LogP contribution in [0.5, 0.6) is 5.75 Å². The van der Waals surface area contributed by atoms with Crippen LogP contribution in [-0.2, 0) is 0 Å². The average Bonchev–Trinajstić information content (AvgIpc) is 2.45. The van der Waals surface area contributed by atoms with E-state index in [0.717, 1.165) is 31.1 Å². The van der Waals surface area contributed by atoms with E-state index in [4.69, 9.17) is 4.74 Å². The quantitative estimate of drug-likeness (QED) is 0.898. The molecular formula is C16H27N3O. The molecule has 1 unspecified atom stereocenters. The number of piperidine rings is 1.